The second-order valence-corrected chi connectivity index (χ2v) is 17.0. The summed E-state index contributed by atoms with van der Waals surface area (Å²) in [6.07, 6.45) is -1.61. The SMILES string of the molecule is NC1=CC(c2cccc(CC(F)(F)F)c2)CN=C1C(=O)N1CCC(CN2CCN(CC(=O)N3CCN(C(=O)c4cc(Cc5n[nH]c(=O)c6ccccc56)ccc4F)CC3)CC2)CC1. The molecule has 0 aliphatic carbocycles. The molecule has 3 fully saturated rings. The number of dihydropyridines is 1. The molecule has 332 valence electrons. The molecular weight excluding hydrogens is 819 g/mol. The summed E-state index contributed by atoms with van der Waals surface area (Å²) < 4.78 is 53.9. The van der Waals surface area contributed by atoms with E-state index in [1.807, 2.05) is 12.1 Å². The van der Waals surface area contributed by atoms with Gasteiger partial charge < -0.3 is 25.3 Å². The standard InChI is InChI=1S/C46H51F4N9O4/c47-38-9-8-31(24-40-35-6-1-2-7-36(35)43(61)54-53-40)23-37(38)44(62)59-20-18-57(19-21-59)41(60)29-56-16-14-55(15-17-56)28-30-10-12-58(13-11-30)45(63)42-39(51)25-34(27-52-42)33-5-3-4-32(22-33)26-46(48,49)50/h1-9,22-23,25,30,34H,10-21,24,26-29,51H2,(H,54,61). The largest absolute Gasteiger partial charge is 0.397 e. The van der Waals surface area contributed by atoms with Gasteiger partial charge in [0.05, 0.1) is 41.9 Å². The maximum Gasteiger partial charge on any atom is 0.393 e. The Bertz CT molecular complexity index is 2470. The molecule has 3 N–H and O–H groups in total. The molecule has 4 aromatic rings. The van der Waals surface area contributed by atoms with Crippen LogP contribution in [0.3, 0.4) is 0 Å². The summed E-state index contributed by atoms with van der Waals surface area (Å²) in [6.45, 7) is 7.07. The highest BCUT2D eigenvalue weighted by Crippen LogP contribution is 2.28. The van der Waals surface area contributed by atoms with E-state index in [-0.39, 0.29) is 52.4 Å². The average Bonchev–Trinajstić information content (AvgIpc) is 3.28. The fourth-order valence-electron chi connectivity index (χ4n) is 9.12. The lowest BCUT2D eigenvalue weighted by atomic mass is 9.92. The molecule has 63 heavy (non-hydrogen) atoms. The van der Waals surface area contributed by atoms with Gasteiger partial charge in [-0.1, -0.05) is 48.5 Å². The molecule has 3 saturated heterocycles. The van der Waals surface area contributed by atoms with Crippen LogP contribution in [0.2, 0.25) is 0 Å². The molecule has 1 aromatic heterocycles. The van der Waals surface area contributed by atoms with Gasteiger partial charge in [-0.3, -0.25) is 29.1 Å². The summed E-state index contributed by atoms with van der Waals surface area (Å²) in [6, 6.07) is 17.9. The third-order valence-electron chi connectivity index (χ3n) is 12.7. The molecular formula is C46H51F4N9O4. The topological polar surface area (TPSA) is 152 Å². The monoisotopic (exact) mass is 869 g/mol. The third-order valence-corrected chi connectivity index (χ3v) is 12.7. The van der Waals surface area contributed by atoms with Gasteiger partial charge in [0.1, 0.15) is 11.5 Å². The molecule has 0 bridgehead atoms. The van der Waals surface area contributed by atoms with E-state index in [1.165, 1.54) is 24.3 Å². The average molecular weight is 870 g/mol. The first-order valence-corrected chi connectivity index (χ1v) is 21.5. The quantitative estimate of drug-likeness (QED) is 0.228. The molecule has 5 heterocycles. The van der Waals surface area contributed by atoms with Gasteiger partial charge >= 0.3 is 6.18 Å². The molecule has 17 heteroatoms. The number of benzene rings is 3. The number of fused-ring (bicyclic) bond motifs is 1. The Morgan fingerprint density at radius 3 is 2.16 bits per heavy atom. The Hall–Kier alpha value is -5.94. The molecule has 0 radical (unpaired) electrons. The third kappa shape index (κ3) is 10.5. The highest BCUT2D eigenvalue weighted by molar-refractivity contribution is 6.45. The van der Waals surface area contributed by atoms with Crippen LogP contribution in [0.4, 0.5) is 17.6 Å². The fourth-order valence-corrected chi connectivity index (χ4v) is 9.12. The second-order valence-electron chi connectivity index (χ2n) is 17.0. The van der Waals surface area contributed by atoms with E-state index in [0.717, 1.165) is 45.6 Å². The van der Waals surface area contributed by atoms with Crippen LogP contribution in [0.1, 0.15) is 51.5 Å². The van der Waals surface area contributed by atoms with Crippen molar-refractivity contribution < 1.29 is 31.9 Å². The number of aromatic nitrogens is 2. The Morgan fingerprint density at radius 2 is 1.44 bits per heavy atom. The number of nitrogens with two attached hydrogens (primary N) is 1. The van der Waals surface area contributed by atoms with Crippen LogP contribution in [-0.2, 0) is 22.4 Å². The molecule has 8 rings (SSSR count). The van der Waals surface area contributed by atoms with Crippen LogP contribution in [0.15, 0.2) is 88.3 Å². The zero-order valence-electron chi connectivity index (χ0n) is 35.0. The smallest absolute Gasteiger partial charge is 0.393 e. The number of rotatable bonds is 10. The van der Waals surface area contributed by atoms with Crippen molar-refractivity contribution >= 4 is 34.2 Å². The van der Waals surface area contributed by atoms with E-state index >= 15 is 4.39 Å². The number of H-pyrrole nitrogens is 1. The number of hydrogen-bond acceptors (Lipinski definition) is 9. The number of aromatic amines is 1. The number of nitrogens with zero attached hydrogens (tertiary/aromatic N) is 7. The molecule has 4 aliphatic rings. The van der Waals surface area contributed by atoms with Gasteiger partial charge in [-0.25, -0.2) is 9.49 Å². The Balaban J connectivity index is 0.745. The first kappa shape index (κ1) is 43.7. The van der Waals surface area contributed by atoms with Crippen molar-refractivity contribution in [3.8, 4) is 0 Å². The maximum absolute atomic E-state index is 15.0. The molecule has 3 aromatic carbocycles. The van der Waals surface area contributed by atoms with Crippen LogP contribution >= 0.6 is 0 Å². The van der Waals surface area contributed by atoms with Crippen LogP contribution in [0.5, 0.6) is 0 Å². The number of likely N-dealkylation sites (tertiary alicyclic amines) is 1. The summed E-state index contributed by atoms with van der Waals surface area (Å²) >= 11 is 0. The normalized spacial score (nSPS) is 19.6. The van der Waals surface area contributed by atoms with Crippen molar-refractivity contribution in [2.45, 2.75) is 37.8 Å². The van der Waals surface area contributed by atoms with E-state index in [4.69, 9.17) is 5.73 Å². The van der Waals surface area contributed by atoms with Crippen molar-refractivity contribution in [3.05, 3.63) is 123 Å². The number of amides is 3. The number of aliphatic imine (C=N–C) groups is 1. The number of alkyl halides is 3. The molecule has 4 aliphatic heterocycles. The summed E-state index contributed by atoms with van der Waals surface area (Å²) in [5.74, 6) is -1.16. The summed E-state index contributed by atoms with van der Waals surface area (Å²) in [5, 5.41) is 7.93. The number of halogens is 4. The van der Waals surface area contributed by atoms with E-state index < -0.39 is 24.3 Å². The van der Waals surface area contributed by atoms with Crippen molar-refractivity contribution in [1.29, 1.82) is 0 Å². The Labute approximate surface area is 362 Å². The van der Waals surface area contributed by atoms with Crippen LogP contribution in [0.25, 0.3) is 10.8 Å². The number of hydrogen-bond donors (Lipinski definition) is 2. The molecule has 1 unspecified atom stereocenters. The van der Waals surface area contributed by atoms with Crippen LogP contribution in [-0.4, -0.2) is 149 Å². The van der Waals surface area contributed by atoms with Crippen LogP contribution < -0.4 is 11.3 Å². The van der Waals surface area contributed by atoms with Gasteiger partial charge in [0.15, 0.2) is 0 Å². The summed E-state index contributed by atoms with van der Waals surface area (Å²) in [5.41, 5.74) is 8.57. The van der Waals surface area contributed by atoms with Gasteiger partial charge in [-0.15, -0.1) is 0 Å². The van der Waals surface area contributed by atoms with Gasteiger partial charge in [-0.2, -0.15) is 18.3 Å². The van der Waals surface area contributed by atoms with Gasteiger partial charge in [0, 0.05) is 89.7 Å². The molecule has 0 saturated carbocycles. The van der Waals surface area contributed by atoms with Crippen molar-refractivity contribution in [2.24, 2.45) is 16.6 Å². The fraction of sp³-hybridized carbons (Fsp3) is 0.435. The highest BCUT2D eigenvalue weighted by Gasteiger charge is 2.33. The zero-order valence-corrected chi connectivity index (χ0v) is 35.0. The number of carbonyl (C=O) groups is 3. The van der Waals surface area contributed by atoms with E-state index in [9.17, 15) is 32.3 Å². The van der Waals surface area contributed by atoms with Crippen molar-refractivity contribution in [2.75, 3.05) is 85.1 Å². The number of carbonyl (C=O) groups excluding carboxylic acids is 3. The van der Waals surface area contributed by atoms with Crippen LogP contribution in [0, 0.1) is 11.7 Å². The molecule has 3 amide bonds. The Morgan fingerprint density at radius 1 is 0.762 bits per heavy atom. The number of piperazine rings is 2. The predicted octanol–water partition coefficient (Wildman–Crippen LogP) is 3.98. The second kappa shape index (κ2) is 18.8. The molecule has 13 nitrogen and oxygen atoms in total. The number of nitrogens with one attached hydrogen (secondary N) is 1. The maximum atomic E-state index is 15.0. The minimum absolute atomic E-state index is 0.00473. The predicted molar refractivity (Wildman–Crippen MR) is 230 cm³/mol. The van der Waals surface area contributed by atoms with Gasteiger partial charge in [-0.05, 0) is 59.7 Å². The lowest BCUT2D eigenvalue weighted by molar-refractivity contribution is -0.134. The minimum atomic E-state index is -4.30. The zero-order chi connectivity index (χ0) is 44.3. The molecule has 0 spiro atoms. The van der Waals surface area contributed by atoms with Crippen molar-refractivity contribution in [1.82, 2.24) is 34.7 Å². The first-order valence-electron chi connectivity index (χ1n) is 21.5. The highest BCUT2D eigenvalue weighted by atomic mass is 19.4. The number of piperidine rings is 1. The summed E-state index contributed by atoms with van der Waals surface area (Å²) in [7, 11) is 0. The van der Waals surface area contributed by atoms with E-state index in [1.54, 1.807) is 51.1 Å². The van der Waals surface area contributed by atoms with E-state index in [2.05, 4.69) is 25.0 Å². The Kier molecular flexibility index (Phi) is 13.0. The van der Waals surface area contributed by atoms with Gasteiger partial charge in [0.25, 0.3) is 17.4 Å². The van der Waals surface area contributed by atoms with Crippen molar-refractivity contribution in [3.63, 3.8) is 0 Å². The first-order chi connectivity index (χ1) is 30.3. The lowest BCUT2D eigenvalue weighted by Gasteiger charge is -2.40. The van der Waals surface area contributed by atoms with Gasteiger partial charge in [0.2, 0.25) is 5.91 Å². The lowest BCUT2D eigenvalue weighted by Crippen LogP contribution is -2.55. The minimum Gasteiger partial charge on any atom is -0.397 e. The van der Waals surface area contributed by atoms with E-state index in [0.29, 0.717) is 85.7 Å². The summed E-state index contributed by atoms with van der Waals surface area (Å²) in [4.78, 5) is 66.7. The molecule has 1 atom stereocenters.